The second kappa shape index (κ2) is 11.2. The van der Waals surface area contributed by atoms with E-state index >= 15 is 0 Å². The lowest BCUT2D eigenvalue weighted by atomic mass is 10.0. The van der Waals surface area contributed by atoms with Crippen LogP contribution in [0.4, 0.5) is 5.69 Å². The summed E-state index contributed by atoms with van der Waals surface area (Å²) in [4.78, 5) is 17.3. The van der Waals surface area contributed by atoms with Gasteiger partial charge >= 0.3 is 0 Å². The second-order valence-corrected chi connectivity index (χ2v) is 8.34. The van der Waals surface area contributed by atoms with Gasteiger partial charge in [-0.05, 0) is 54.8 Å². The molecule has 0 bridgehead atoms. The van der Waals surface area contributed by atoms with Crippen molar-refractivity contribution in [2.45, 2.75) is 32.7 Å². The minimum atomic E-state index is -0.150. The molecule has 1 N–H and O–H groups in total. The maximum absolute atomic E-state index is 12.7. The van der Waals surface area contributed by atoms with Crippen molar-refractivity contribution >= 4 is 11.6 Å². The molecule has 168 valence electrons. The van der Waals surface area contributed by atoms with Gasteiger partial charge in [0.25, 0.3) is 0 Å². The maximum atomic E-state index is 12.7. The summed E-state index contributed by atoms with van der Waals surface area (Å²) < 4.78 is 11.0. The standard InChI is InChI=1S/C25H35N3O3/c1-19(2)21-5-7-22(8-6-21)26-25(29)20(3)28-15-13-27(14-16-28)17-18-31-24-11-9-23(30-4)10-12-24/h5-12,19-20H,13-18H2,1-4H3,(H,26,29)/t20-/m0/s1. The third-order valence-corrected chi connectivity index (χ3v) is 5.91. The Balaban J connectivity index is 1.38. The van der Waals surface area contributed by atoms with Crippen LogP contribution in [0.1, 0.15) is 32.3 Å². The van der Waals surface area contributed by atoms with Crippen molar-refractivity contribution in [3.63, 3.8) is 0 Å². The van der Waals surface area contributed by atoms with Gasteiger partial charge in [-0.15, -0.1) is 0 Å². The van der Waals surface area contributed by atoms with E-state index in [0.717, 1.165) is 49.9 Å². The molecular weight excluding hydrogens is 390 g/mol. The Morgan fingerprint density at radius 2 is 1.55 bits per heavy atom. The SMILES string of the molecule is COc1ccc(OCCN2CCN([C@@H](C)C(=O)Nc3ccc(C(C)C)cc3)CC2)cc1. The molecular formula is C25H35N3O3. The number of rotatable bonds is 9. The predicted molar refractivity (Wildman–Crippen MR) is 125 cm³/mol. The van der Waals surface area contributed by atoms with Crippen LogP contribution in [0.2, 0.25) is 0 Å². The van der Waals surface area contributed by atoms with Gasteiger partial charge in [0.05, 0.1) is 13.2 Å². The molecule has 1 fully saturated rings. The van der Waals surface area contributed by atoms with E-state index in [9.17, 15) is 4.79 Å². The van der Waals surface area contributed by atoms with Gasteiger partial charge in [0.1, 0.15) is 18.1 Å². The molecule has 31 heavy (non-hydrogen) atoms. The normalized spacial score (nSPS) is 16.2. The molecule has 3 rings (SSSR count). The Hall–Kier alpha value is -2.57. The Morgan fingerprint density at radius 1 is 0.935 bits per heavy atom. The van der Waals surface area contributed by atoms with Gasteiger partial charge < -0.3 is 14.8 Å². The zero-order valence-electron chi connectivity index (χ0n) is 19.1. The first-order chi connectivity index (χ1) is 15.0. The summed E-state index contributed by atoms with van der Waals surface area (Å²) in [6.45, 7) is 11.5. The first kappa shape index (κ1) is 23.1. The van der Waals surface area contributed by atoms with E-state index in [1.165, 1.54) is 5.56 Å². The number of carbonyl (C=O) groups is 1. The van der Waals surface area contributed by atoms with Crippen LogP contribution in [0.3, 0.4) is 0 Å². The molecule has 0 spiro atoms. The first-order valence-corrected chi connectivity index (χ1v) is 11.1. The zero-order chi connectivity index (χ0) is 22.2. The maximum Gasteiger partial charge on any atom is 0.241 e. The Morgan fingerprint density at radius 3 is 2.13 bits per heavy atom. The highest BCUT2D eigenvalue weighted by Gasteiger charge is 2.25. The van der Waals surface area contributed by atoms with Crippen LogP contribution in [-0.2, 0) is 4.79 Å². The van der Waals surface area contributed by atoms with Crippen LogP contribution in [-0.4, -0.2) is 68.2 Å². The summed E-state index contributed by atoms with van der Waals surface area (Å²) >= 11 is 0. The van der Waals surface area contributed by atoms with Gasteiger partial charge in [0, 0.05) is 38.4 Å². The monoisotopic (exact) mass is 425 g/mol. The number of anilines is 1. The van der Waals surface area contributed by atoms with Crippen LogP contribution >= 0.6 is 0 Å². The number of carbonyl (C=O) groups excluding carboxylic acids is 1. The quantitative estimate of drug-likeness (QED) is 0.662. The van der Waals surface area contributed by atoms with Gasteiger partial charge in [-0.3, -0.25) is 14.6 Å². The highest BCUT2D eigenvalue weighted by molar-refractivity contribution is 5.94. The number of benzene rings is 2. The van der Waals surface area contributed by atoms with Crippen molar-refractivity contribution in [3.8, 4) is 11.5 Å². The number of nitrogens with one attached hydrogen (secondary N) is 1. The number of amides is 1. The van der Waals surface area contributed by atoms with Gasteiger partial charge in [0.15, 0.2) is 0 Å². The van der Waals surface area contributed by atoms with Crippen molar-refractivity contribution in [2.24, 2.45) is 0 Å². The second-order valence-electron chi connectivity index (χ2n) is 8.34. The van der Waals surface area contributed by atoms with E-state index in [1.807, 2.05) is 43.3 Å². The lowest BCUT2D eigenvalue weighted by molar-refractivity contribution is -0.121. The summed E-state index contributed by atoms with van der Waals surface area (Å²) in [7, 11) is 1.66. The molecule has 0 aromatic heterocycles. The molecule has 1 amide bonds. The van der Waals surface area contributed by atoms with Crippen molar-refractivity contribution in [1.82, 2.24) is 9.80 Å². The molecule has 1 aliphatic heterocycles. The average molecular weight is 426 g/mol. The predicted octanol–water partition coefficient (Wildman–Crippen LogP) is 3.84. The largest absolute Gasteiger partial charge is 0.497 e. The van der Waals surface area contributed by atoms with Gasteiger partial charge in [0.2, 0.25) is 5.91 Å². The minimum absolute atomic E-state index is 0.0496. The first-order valence-electron chi connectivity index (χ1n) is 11.1. The smallest absolute Gasteiger partial charge is 0.241 e. The molecule has 6 heteroatoms. The van der Waals surface area contributed by atoms with Crippen molar-refractivity contribution in [2.75, 3.05) is 51.8 Å². The number of nitrogens with zero attached hydrogens (tertiary/aromatic N) is 2. The summed E-state index contributed by atoms with van der Waals surface area (Å²) in [5, 5.41) is 3.05. The Bertz CT molecular complexity index is 813. The van der Waals surface area contributed by atoms with E-state index < -0.39 is 0 Å². The van der Waals surface area contributed by atoms with E-state index in [0.29, 0.717) is 12.5 Å². The van der Waals surface area contributed by atoms with Crippen molar-refractivity contribution < 1.29 is 14.3 Å². The fourth-order valence-corrected chi connectivity index (χ4v) is 3.70. The van der Waals surface area contributed by atoms with Crippen LogP contribution in [0.15, 0.2) is 48.5 Å². The number of hydrogen-bond acceptors (Lipinski definition) is 5. The lowest BCUT2D eigenvalue weighted by Gasteiger charge is -2.37. The average Bonchev–Trinajstić information content (AvgIpc) is 2.80. The van der Waals surface area contributed by atoms with E-state index in [4.69, 9.17) is 9.47 Å². The summed E-state index contributed by atoms with van der Waals surface area (Å²) in [5.41, 5.74) is 2.13. The highest BCUT2D eigenvalue weighted by atomic mass is 16.5. The molecule has 2 aromatic carbocycles. The van der Waals surface area contributed by atoms with Gasteiger partial charge in [-0.2, -0.15) is 0 Å². The topological polar surface area (TPSA) is 54.0 Å². The molecule has 1 aliphatic rings. The number of hydrogen-bond donors (Lipinski definition) is 1. The third kappa shape index (κ3) is 6.71. The Labute approximate surface area is 186 Å². The third-order valence-electron chi connectivity index (χ3n) is 5.91. The van der Waals surface area contributed by atoms with Crippen LogP contribution < -0.4 is 14.8 Å². The number of methoxy groups -OCH3 is 1. The van der Waals surface area contributed by atoms with Gasteiger partial charge in [-0.1, -0.05) is 26.0 Å². The molecule has 0 saturated carbocycles. The summed E-state index contributed by atoms with van der Waals surface area (Å²) in [6.07, 6.45) is 0. The molecule has 1 heterocycles. The van der Waals surface area contributed by atoms with Crippen molar-refractivity contribution in [1.29, 1.82) is 0 Å². The van der Waals surface area contributed by atoms with E-state index in [-0.39, 0.29) is 11.9 Å². The van der Waals surface area contributed by atoms with Crippen LogP contribution in [0.5, 0.6) is 11.5 Å². The molecule has 1 saturated heterocycles. The molecule has 0 unspecified atom stereocenters. The molecule has 0 radical (unpaired) electrons. The molecule has 1 atom stereocenters. The summed E-state index contributed by atoms with van der Waals surface area (Å²) in [6, 6.07) is 15.6. The molecule has 6 nitrogen and oxygen atoms in total. The zero-order valence-corrected chi connectivity index (χ0v) is 19.1. The molecule has 2 aromatic rings. The number of piperazine rings is 1. The van der Waals surface area contributed by atoms with E-state index in [2.05, 4.69) is 41.1 Å². The highest BCUT2D eigenvalue weighted by Crippen LogP contribution is 2.19. The Kier molecular flexibility index (Phi) is 8.32. The number of ether oxygens (including phenoxy) is 2. The minimum Gasteiger partial charge on any atom is -0.497 e. The van der Waals surface area contributed by atoms with Crippen LogP contribution in [0.25, 0.3) is 0 Å². The molecule has 0 aliphatic carbocycles. The lowest BCUT2D eigenvalue weighted by Crippen LogP contribution is -2.53. The van der Waals surface area contributed by atoms with Crippen molar-refractivity contribution in [3.05, 3.63) is 54.1 Å². The fraction of sp³-hybridized carbons (Fsp3) is 0.480. The van der Waals surface area contributed by atoms with Gasteiger partial charge in [-0.25, -0.2) is 0 Å². The van der Waals surface area contributed by atoms with E-state index in [1.54, 1.807) is 7.11 Å². The van der Waals surface area contributed by atoms with Crippen LogP contribution in [0, 0.1) is 0 Å². The summed E-state index contributed by atoms with van der Waals surface area (Å²) in [5.74, 6) is 2.22. The fourth-order valence-electron chi connectivity index (χ4n) is 3.70.